The number of benzene rings is 1. The Morgan fingerprint density at radius 1 is 1.10 bits per heavy atom. The lowest BCUT2D eigenvalue weighted by Crippen LogP contribution is -2.24. The minimum absolute atomic E-state index is 0.0477. The Morgan fingerprint density at radius 2 is 1.75 bits per heavy atom. The molecule has 106 valence electrons. The van der Waals surface area contributed by atoms with Crippen LogP contribution in [0.25, 0.3) is 0 Å². The Labute approximate surface area is 116 Å². The highest BCUT2D eigenvalue weighted by atomic mass is 32.2. The van der Waals surface area contributed by atoms with Gasteiger partial charge >= 0.3 is 0 Å². The number of sulfonamides is 1. The first kappa shape index (κ1) is 14.6. The van der Waals surface area contributed by atoms with Gasteiger partial charge in [0.25, 0.3) is 10.0 Å². The Balaban J connectivity index is 2.08. The second-order valence-corrected chi connectivity index (χ2v) is 5.83. The summed E-state index contributed by atoms with van der Waals surface area (Å²) in [5.41, 5.74) is 1.17. The summed E-state index contributed by atoms with van der Waals surface area (Å²) in [6.07, 6.45) is 1.30. The first-order valence-electron chi connectivity index (χ1n) is 5.81. The van der Waals surface area contributed by atoms with E-state index >= 15 is 0 Å². The standard InChI is InChI=1S/C13H13FN2O3S/c14-12-4-1-10(2-5-12)8-16-20(18,19)13-6-3-11(9-17)7-15-13/h1-7,16-17H,8-9H2. The van der Waals surface area contributed by atoms with Crippen molar-refractivity contribution >= 4 is 10.0 Å². The maximum absolute atomic E-state index is 12.7. The number of halogens is 1. The van der Waals surface area contributed by atoms with Gasteiger partial charge in [0, 0.05) is 12.7 Å². The highest BCUT2D eigenvalue weighted by molar-refractivity contribution is 7.89. The van der Waals surface area contributed by atoms with E-state index in [0.717, 1.165) is 0 Å². The van der Waals surface area contributed by atoms with E-state index in [-0.39, 0.29) is 24.0 Å². The molecule has 0 saturated heterocycles. The van der Waals surface area contributed by atoms with Gasteiger partial charge in [0.1, 0.15) is 5.82 Å². The van der Waals surface area contributed by atoms with Crippen LogP contribution in [0.15, 0.2) is 47.6 Å². The van der Waals surface area contributed by atoms with E-state index in [1.807, 2.05) is 0 Å². The van der Waals surface area contributed by atoms with Crippen LogP contribution in [0, 0.1) is 5.82 Å². The molecule has 0 fully saturated rings. The number of nitrogens with zero attached hydrogens (tertiary/aromatic N) is 1. The van der Waals surface area contributed by atoms with Crippen molar-refractivity contribution in [3.63, 3.8) is 0 Å². The summed E-state index contributed by atoms with van der Waals surface area (Å²) in [7, 11) is -3.73. The van der Waals surface area contributed by atoms with E-state index in [9.17, 15) is 12.8 Å². The summed E-state index contributed by atoms with van der Waals surface area (Å²) in [6.45, 7) is -0.150. The van der Waals surface area contributed by atoms with Gasteiger partial charge in [-0.25, -0.2) is 22.5 Å². The summed E-state index contributed by atoms with van der Waals surface area (Å²) in [6, 6.07) is 8.33. The van der Waals surface area contributed by atoms with Gasteiger partial charge in [-0.1, -0.05) is 18.2 Å². The molecule has 0 amide bonds. The Hall–Kier alpha value is -1.83. The lowest BCUT2D eigenvalue weighted by atomic mass is 10.2. The van der Waals surface area contributed by atoms with E-state index in [4.69, 9.17) is 5.11 Å². The molecule has 1 aromatic heterocycles. The first-order chi connectivity index (χ1) is 9.51. The molecular formula is C13H13FN2O3S. The SMILES string of the molecule is O=S(=O)(NCc1ccc(F)cc1)c1ccc(CO)cn1. The van der Waals surface area contributed by atoms with Crippen LogP contribution in [0.4, 0.5) is 4.39 Å². The molecule has 0 spiro atoms. The van der Waals surface area contributed by atoms with Crippen LogP contribution in [0.3, 0.4) is 0 Å². The summed E-state index contributed by atoms with van der Waals surface area (Å²) >= 11 is 0. The van der Waals surface area contributed by atoms with E-state index in [2.05, 4.69) is 9.71 Å². The molecule has 0 atom stereocenters. The maximum atomic E-state index is 12.7. The van der Waals surface area contributed by atoms with Crippen molar-refractivity contribution in [1.82, 2.24) is 9.71 Å². The molecule has 0 aliphatic heterocycles. The third-order valence-corrected chi connectivity index (χ3v) is 3.95. The minimum Gasteiger partial charge on any atom is -0.392 e. The summed E-state index contributed by atoms with van der Waals surface area (Å²) in [5, 5.41) is 8.74. The van der Waals surface area contributed by atoms with Crippen LogP contribution in [0.5, 0.6) is 0 Å². The second-order valence-electron chi connectivity index (χ2n) is 4.11. The molecule has 5 nitrogen and oxygen atoms in total. The second kappa shape index (κ2) is 6.08. The van der Waals surface area contributed by atoms with Gasteiger partial charge in [-0.15, -0.1) is 0 Å². The topological polar surface area (TPSA) is 79.3 Å². The number of aliphatic hydroxyl groups excluding tert-OH is 1. The molecule has 1 aromatic carbocycles. The fraction of sp³-hybridized carbons (Fsp3) is 0.154. The third-order valence-electron chi connectivity index (χ3n) is 2.64. The van der Waals surface area contributed by atoms with Crippen LogP contribution < -0.4 is 4.72 Å². The normalized spacial score (nSPS) is 11.5. The zero-order valence-electron chi connectivity index (χ0n) is 10.5. The van der Waals surface area contributed by atoms with Crippen molar-refractivity contribution in [2.75, 3.05) is 0 Å². The summed E-state index contributed by atoms with van der Waals surface area (Å²) in [4.78, 5) is 3.78. The molecule has 0 radical (unpaired) electrons. The van der Waals surface area contributed by atoms with Crippen LogP contribution in [-0.2, 0) is 23.2 Å². The van der Waals surface area contributed by atoms with Gasteiger partial charge in [0.15, 0.2) is 5.03 Å². The first-order valence-corrected chi connectivity index (χ1v) is 7.29. The molecule has 7 heteroatoms. The van der Waals surface area contributed by atoms with E-state index < -0.39 is 10.0 Å². The van der Waals surface area contributed by atoms with E-state index in [1.54, 1.807) is 0 Å². The van der Waals surface area contributed by atoms with Gasteiger partial charge in [-0.3, -0.25) is 0 Å². The predicted octanol–water partition coefficient (Wildman–Crippen LogP) is 1.19. The largest absolute Gasteiger partial charge is 0.392 e. The molecule has 0 saturated carbocycles. The van der Waals surface area contributed by atoms with Crippen molar-refractivity contribution in [2.45, 2.75) is 18.2 Å². The van der Waals surface area contributed by atoms with Gasteiger partial charge in [-0.05, 0) is 29.3 Å². The van der Waals surface area contributed by atoms with Crippen LogP contribution in [0.2, 0.25) is 0 Å². The zero-order chi connectivity index (χ0) is 14.6. The van der Waals surface area contributed by atoms with Gasteiger partial charge in [0.2, 0.25) is 0 Å². The van der Waals surface area contributed by atoms with Crippen LogP contribution in [0.1, 0.15) is 11.1 Å². The molecule has 2 rings (SSSR count). The van der Waals surface area contributed by atoms with Crippen molar-refractivity contribution in [3.8, 4) is 0 Å². The fourth-order valence-corrected chi connectivity index (χ4v) is 2.46. The van der Waals surface area contributed by atoms with Crippen molar-refractivity contribution in [2.24, 2.45) is 0 Å². The van der Waals surface area contributed by atoms with E-state index in [0.29, 0.717) is 11.1 Å². The van der Waals surface area contributed by atoms with Crippen molar-refractivity contribution < 1.29 is 17.9 Å². The maximum Gasteiger partial charge on any atom is 0.258 e. The zero-order valence-corrected chi connectivity index (χ0v) is 11.3. The number of pyridine rings is 1. The number of rotatable bonds is 5. The molecule has 20 heavy (non-hydrogen) atoms. The van der Waals surface area contributed by atoms with Crippen molar-refractivity contribution in [1.29, 1.82) is 0 Å². The number of aromatic nitrogens is 1. The van der Waals surface area contributed by atoms with Gasteiger partial charge in [0.05, 0.1) is 6.61 Å². The van der Waals surface area contributed by atoms with Gasteiger partial charge < -0.3 is 5.11 Å². The molecule has 0 bridgehead atoms. The number of hydrogen-bond donors (Lipinski definition) is 2. The van der Waals surface area contributed by atoms with Crippen molar-refractivity contribution in [3.05, 3.63) is 59.5 Å². The molecule has 0 aliphatic carbocycles. The number of aliphatic hydroxyl groups is 1. The summed E-state index contributed by atoms with van der Waals surface area (Å²) < 4.78 is 39.0. The minimum atomic E-state index is -3.73. The Morgan fingerprint density at radius 3 is 2.30 bits per heavy atom. The Kier molecular flexibility index (Phi) is 4.43. The highest BCUT2D eigenvalue weighted by Gasteiger charge is 2.15. The number of nitrogens with one attached hydrogen (secondary N) is 1. The molecule has 1 heterocycles. The third kappa shape index (κ3) is 3.60. The van der Waals surface area contributed by atoms with Crippen LogP contribution >= 0.6 is 0 Å². The average molecular weight is 296 g/mol. The molecule has 0 unspecified atom stereocenters. The molecular weight excluding hydrogens is 283 g/mol. The highest BCUT2D eigenvalue weighted by Crippen LogP contribution is 2.08. The van der Waals surface area contributed by atoms with Gasteiger partial charge in [-0.2, -0.15) is 0 Å². The molecule has 2 aromatic rings. The predicted molar refractivity (Wildman–Crippen MR) is 70.6 cm³/mol. The monoisotopic (exact) mass is 296 g/mol. The van der Waals surface area contributed by atoms with E-state index in [1.165, 1.54) is 42.6 Å². The average Bonchev–Trinajstić information content (AvgIpc) is 2.47. The lowest BCUT2D eigenvalue weighted by Gasteiger charge is -2.06. The summed E-state index contributed by atoms with van der Waals surface area (Å²) in [5.74, 6) is -0.377. The quantitative estimate of drug-likeness (QED) is 0.868. The number of hydrogen-bond acceptors (Lipinski definition) is 4. The fourth-order valence-electron chi connectivity index (χ4n) is 1.52. The Bertz CT molecular complexity index is 670. The smallest absolute Gasteiger partial charge is 0.258 e. The molecule has 0 aliphatic rings. The van der Waals surface area contributed by atoms with Crippen LogP contribution in [-0.4, -0.2) is 18.5 Å². The lowest BCUT2D eigenvalue weighted by molar-refractivity contribution is 0.281. The molecule has 2 N–H and O–H groups in total.